The Kier molecular flexibility index (Phi) is 7.89. The van der Waals surface area contributed by atoms with Gasteiger partial charge < -0.3 is 19.9 Å². The van der Waals surface area contributed by atoms with Crippen LogP contribution in [0.5, 0.6) is 11.5 Å². The zero-order valence-corrected chi connectivity index (χ0v) is 16.2. The molecule has 0 spiro atoms. The number of carboxylic acids is 1. The summed E-state index contributed by atoms with van der Waals surface area (Å²) in [5.41, 5.74) is 1.65. The Morgan fingerprint density at radius 2 is 1.93 bits per heavy atom. The molecule has 28 heavy (non-hydrogen) atoms. The summed E-state index contributed by atoms with van der Waals surface area (Å²) in [6.45, 7) is 3.42. The summed E-state index contributed by atoms with van der Waals surface area (Å²) in [5.74, 6) is -0.544. The number of ether oxygens (including phenoxy) is 2. The van der Waals surface area contributed by atoms with Gasteiger partial charge in [0.1, 0.15) is 0 Å². The molecule has 0 aliphatic heterocycles. The van der Waals surface area contributed by atoms with Gasteiger partial charge in [-0.15, -0.1) is 6.58 Å². The molecule has 0 aromatic heterocycles. The van der Waals surface area contributed by atoms with Crippen molar-refractivity contribution >= 4 is 23.5 Å². The summed E-state index contributed by atoms with van der Waals surface area (Å²) in [6.07, 6.45) is 2.21. The highest BCUT2D eigenvalue weighted by molar-refractivity contribution is 6.30. The van der Waals surface area contributed by atoms with E-state index in [2.05, 4.69) is 11.9 Å². The Balaban J connectivity index is 2.03. The van der Waals surface area contributed by atoms with Crippen LogP contribution in [0.2, 0.25) is 5.02 Å². The second kappa shape index (κ2) is 10.4. The lowest BCUT2D eigenvalue weighted by Crippen LogP contribution is -2.33. The number of methoxy groups -OCH3 is 1. The van der Waals surface area contributed by atoms with Crippen molar-refractivity contribution in [3.8, 4) is 11.5 Å². The monoisotopic (exact) mass is 403 g/mol. The Hall–Kier alpha value is -2.99. The molecule has 0 aliphatic rings. The van der Waals surface area contributed by atoms with Gasteiger partial charge in [0, 0.05) is 5.02 Å². The number of carbonyl (C=O) groups excluding carboxylic acids is 1. The minimum atomic E-state index is -1.03. The van der Waals surface area contributed by atoms with Crippen LogP contribution in [-0.4, -0.2) is 30.7 Å². The van der Waals surface area contributed by atoms with Gasteiger partial charge in [0.15, 0.2) is 18.1 Å². The van der Waals surface area contributed by atoms with Crippen molar-refractivity contribution in [1.82, 2.24) is 5.32 Å². The zero-order chi connectivity index (χ0) is 20.5. The van der Waals surface area contributed by atoms with E-state index >= 15 is 0 Å². The number of hydrogen-bond donors (Lipinski definition) is 2. The molecule has 7 heteroatoms. The number of carboxylic acid groups (broad SMARTS) is 1. The Morgan fingerprint density at radius 1 is 1.21 bits per heavy atom. The number of halogens is 1. The summed E-state index contributed by atoms with van der Waals surface area (Å²) in [6, 6.07) is 11.3. The minimum absolute atomic E-state index is 0.257. The van der Waals surface area contributed by atoms with E-state index in [0.717, 1.165) is 5.56 Å². The summed E-state index contributed by atoms with van der Waals surface area (Å²) < 4.78 is 10.9. The molecular formula is C21H22ClNO5. The lowest BCUT2D eigenvalue weighted by Gasteiger charge is -2.18. The number of rotatable bonds is 10. The molecule has 1 amide bonds. The van der Waals surface area contributed by atoms with Crippen LogP contribution in [0.15, 0.2) is 55.1 Å². The third kappa shape index (κ3) is 6.32. The molecule has 2 aromatic carbocycles. The molecule has 2 N–H and O–H groups in total. The third-order valence-electron chi connectivity index (χ3n) is 3.95. The van der Waals surface area contributed by atoms with Crippen molar-refractivity contribution < 1.29 is 24.2 Å². The second-order valence-corrected chi connectivity index (χ2v) is 6.47. The molecule has 0 bridgehead atoms. The number of allylic oxidation sites excluding steroid dienone is 1. The maximum absolute atomic E-state index is 12.3. The average molecular weight is 404 g/mol. The van der Waals surface area contributed by atoms with Gasteiger partial charge in [-0.3, -0.25) is 9.59 Å². The Bertz CT molecular complexity index is 835. The maximum atomic E-state index is 12.3. The number of carbonyl (C=O) groups is 2. The van der Waals surface area contributed by atoms with Gasteiger partial charge in [-0.25, -0.2) is 0 Å². The van der Waals surface area contributed by atoms with Crippen LogP contribution < -0.4 is 14.8 Å². The van der Waals surface area contributed by atoms with Crippen LogP contribution in [-0.2, 0) is 16.0 Å². The summed E-state index contributed by atoms with van der Waals surface area (Å²) in [4.78, 5) is 23.5. The highest BCUT2D eigenvalue weighted by Gasteiger charge is 2.19. The SMILES string of the molecule is C=CCc1ccc(OCC(=O)NC(CC(=O)O)c2ccc(Cl)cc2)c(OC)c1. The fraction of sp³-hybridized carbons (Fsp3) is 0.238. The second-order valence-electron chi connectivity index (χ2n) is 6.04. The highest BCUT2D eigenvalue weighted by atomic mass is 35.5. The minimum Gasteiger partial charge on any atom is -0.493 e. The van der Waals surface area contributed by atoms with Crippen LogP contribution in [0.1, 0.15) is 23.6 Å². The quantitative estimate of drug-likeness (QED) is 0.589. The van der Waals surface area contributed by atoms with Gasteiger partial charge in [-0.05, 0) is 41.8 Å². The molecule has 0 heterocycles. The van der Waals surface area contributed by atoms with Crippen molar-refractivity contribution in [3.63, 3.8) is 0 Å². The first kappa shape index (κ1) is 21.3. The van der Waals surface area contributed by atoms with E-state index in [1.54, 1.807) is 36.4 Å². The summed E-state index contributed by atoms with van der Waals surface area (Å²) in [5, 5.41) is 12.3. The smallest absolute Gasteiger partial charge is 0.305 e. The molecule has 0 saturated heterocycles. The third-order valence-corrected chi connectivity index (χ3v) is 4.21. The average Bonchev–Trinajstić information content (AvgIpc) is 2.66. The topological polar surface area (TPSA) is 84.9 Å². The molecule has 148 valence electrons. The fourth-order valence-electron chi connectivity index (χ4n) is 2.63. The van der Waals surface area contributed by atoms with E-state index in [0.29, 0.717) is 28.5 Å². The van der Waals surface area contributed by atoms with Crippen molar-refractivity contribution in [2.24, 2.45) is 0 Å². The largest absolute Gasteiger partial charge is 0.493 e. The number of benzene rings is 2. The molecule has 0 saturated carbocycles. The first-order valence-corrected chi connectivity index (χ1v) is 8.98. The summed E-state index contributed by atoms with van der Waals surface area (Å²) in [7, 11) is 1.52. The van der Waals surface area contributed by atoms with E-state index in [9.17, 15) is 9.59 Å². The summed E-state index contributed by atoms with van der Waals surface area (Å²) >= 11 is 5.86. The van der Waals surface area contributed by atoms with Crippen molar-refractivity contribution in [3.05, 3.63) is 71.3 Å². The fourth-order valence-corrected chi connectivity index (χ4v) is 2.75. The van der Waals surface area contributed by atoms with Crippen molar-refractivity contribution in [2.75, 3.05) is 13.7 Å². The number of hydrogen-bond acceptors (Lipinski definition) is 4. The number of aliphatic carboxylic acids is 1. The molecule has 2 rings (SSSR count). The molecule has 1 atom stereocenters. The molecule has 1 unspecified atom stereocenters. The van der Waals surface area contributed by atoms with Crippen molar-refractivity contribution in [1.29, 1.82) is 0 Å². The van der Waals surface area contributed by atoms with E-state index in [1.165, 1.54) is 7.11 Å². The van der Waals surface area contributed by atoms with Gasteiger partial charge in [0.25, 0.3) is 5.91 Å². The lowest BCUT2D eigenvalue weighted by molar-refractivity contribution is -0.137. The lowest BCUT2D eigenvalue weighted by atomic mass is 10.0. The van der Waals surface area contributed by atoms with E-state index in [-0.39, 0.29) is 13.0 Å². The molecule has 0 radical (unpaired) electrons. The van der Waals surface area contributed by atoms with Crippen LogP contribution in [0.25, 0.3) is 0 Å². The molecule has 2 aromatic rings. The van der Waals surface area contributed by atoms with Crippen LogP contribution in [0, 0.1) is 0 Å². The molecule has 0 fully saturated rings. The zero-order valence-electron chi connectivity index (χ0n) is 15.5. The molecular weight excluding hydrogens is 382 g/mol. The predicted octanol–water partition coefficient (Wildman–Crippen LogP) is 3.79. The highest BCUT2D eigenvalue weighted by Crippen LogP contribution is 2.28. The van der Waals surface area contributed by atoms with Gasteiger partial charge in [0.05, 0.1) is 19.6 Å². The van der Waals surface area contributed by atoms with E-state index in [1.807, 2.05) is 12.1 Å². The van der Waals surface area contributed by atoms with Crippen LogP contribution >= 0.6 is 11.6 Å². The van der Waals surface area contributed by atoms with Crippen LogP contribution in [0.4, 0.5) is 0 Å². The van der Waals surface area contributed by atoms with E-state index in [4.69, 9.17) is 26.2 Å². The number of amides is 1. The standard InChI is InChI=1S/C21H22ClNO5/c1-3-4-14-5-10-18(19(11-14)27-2)28-13-20(24)23-17(12-21(25)26)15-6-8-16(22)9-7-15/h3,5-11,17H,1,4,12-13H2,2H3,(H,23,24)(H,25,26). The van der Waals surface area contributed by atoms with Gasteiger partial charge in [-0.2, -0.15) is 0 Å². The first-order chi connectivity index (χ1) is 13.4. The molecule has 0 aliphatic carbocycles. The normalized spacial score (nSPS) is 11.4. The van der Waals surface area contributed by atoms with Crippen LogP contribution in [0.3, 0.4) is 0 Å². The number of nitrogens with one attached hydrogen (secondary N) is 1. The van der Waals surface area contributed by atoms with Gasteiger partial charge >= 0.3 is 5.97 Å². The van der Waals surface area contributed by atoms with Crippen molar-refractivity contribution in [2.45, 2.75) is 18.9 Å². The predicted molar refractivity (Wildman–Crippen MR) is 107 cm³/mol. The van der Waals surface area contributed by atoms with E-state index < -0.39 is 17.9 Å². The van der Waals surface area contributed by atoms with Gasteiger partial charge in [-0.1, -0.05) is 35.9 Å². The Labute approximate surface area is 168 Å². The van der Waals surface area contributed by atoms with Gasteiger partial charge in [0.2, 0.25) is 0 Å². The Morgan fingerprint density at radius 3 is 2.54 bits per heavy atom. The molecule has 6 nitrogen and oxygen atoms in total. The maximum Gasteiger partial charge on any atom is 0.305 e. The first-order valence-electron chi connectivity index (χ1n) is 8.60.